The summed E-state index contributed by atoms with van der Waals surface area (Å²) >= 11 is 1.25. The van der Waals surface area contributed by atoms with Crippen molar-refractivity contribution in [3.63, 3.8) is 0 Å². The van der Waals surface area contributed by atoms with Crippen LogP contribution in [0.2, 0.25) is 0 Å². The van der Waals surface area contributed by atoms with E-state index in [-0.39, 0.29) is 35.2 Å². The van der Waals surface area contributed by atoms with E-state index in [9.17, 15) is 17.6 Å². The minimum atomic E-state index is -3.84. The average molecular weight is 492 g/mol. The number of aromatic nitrogens is 1. The van der Waals surface area contributed by atoms with Crippen LogP contribution in [-0.4, -0.2) is 56.5 Å². The van der Waals surface area contributed by atoms with Gasteiger partial charge in [0, 0.05) is 29.7 Å². The molecular formula is C22H22FN3O5S2. The van der Waals surface area contributed by atoms with Gasteiger partial charge >= 0.3 is 0 Å². The zero-order valence-corrected chi connectivity index (χ0v) is 19.4. The van der Waals surface area contributed by atoms with Crippen LogP contribution < -0.4 is 10.1 Å². The number of ether oxygens (including phenoxy) is 2. The van der Waals surface area contributed by atoms with Gasteiger partial charge in [-0.25, -0.2) is 17.8 Å². The minimum absolute atomic E-state index is 0.0191. The highest BCUT2D eigenvalue weighted by Gasteiger charge is 2.30. The molecule has 1 N–H and O–H groups in total. The standard InChI is InChI=1S/C22H22FN3O5S2/c1-2-31-19-8-7-17(13-20(19)33(28,29)26-9-11-30-12-10-26)24-21(27)18-14-32-22(25-18)15-3-5-16(23)6-4-15/h3-8,13-14H,2,9-12H2,1H3,(H,24,27). The number of nitrogens with zero attached hydrogens (tertiary/aromatic N) is 2. The van der Waals surface area contributed by atoms with Crippen molar-refractivity contribution in [2.24, 2.45) is 0 Å². The summed E-state index contributed by atoms with van der Waals surface area (Å²) in [5, 5.41) is 4.86. The lowest BCUT2D eigenvalue weighted by Crippen LogP contribution is -2.40. The van der Waals surface area contributed by atoms with Crippen molar-refractivity contribution in [3.8, 4) is 16.3 Å². The van der Waals surface area contributed by atoms with E-state index in [1.807, 2.05) is 0 Å². The Morgan fingerprint density at radius 2 is 1.94 bits per heavy atom. The van der Waals surface area contributed by atoms with Gasteiger partial charge in [-0.1, -0.05) is 0 Å². The lowest BCUT2D eigenvalue weighted by Gasteiger charge is -2.27. The molecule has 1 saturated heterocycles. The van der Waals surface area contributed by atoms with Crippen LogP contribution in [0.15, 0.2) is 52.7 Å². The van der Waals surface area contributed by atoms with E-state index in [2.05, 4.69) is 10.3 Å². The summed E-state index contributed by atoms with van der Waals surface area (Å²) in [5.41, 5.74) is 1.16. The average Bonchev–Trinajstić information content (AvgIpc) is 3.32. The molecule has 1 aromatic heterocycles. The molecule has 4 rings (SSSR count). The predicted molar refractivity (Wildman–Crippen MR) is 123 cm³/mol. The lowest BCUT2D eigenvalue weighted by molar-refractivity contribution is 0.0729. The van der Waals surface area contributed by atoms with Crippen LogP contribution in [-0.2, 0) is 14.8 Å². The third kappa shape index (κ3) is 5.22. The topological polar surface area (TPSA) is 97.8 Å². The number of hydrogen-bond donors (Lipinski definition) is 1. The first-order valence-electron chi connectivity index (χ1n) is 10.3. The van der Waals surface area contributed by atoms with Gasteiger partial charge in [0.05, 0.1) is 19.8 Å². The molecule has 33 heavy (non-hydrogen) atoms. The Bertz CT molecular complexity index is 1240. The Morgan fingerprint density at radius 3 is 2.64 bits per heavy atom. The fraction of sp³-hybridized carbons (Fsp3) is 0.273. The van der Waals surface area contributed by atoms with Crippen molar-refractivity contribution in [2.45, 2.75) is 11.8 Å². The van der Waals surface area contributed by atoms with Gasteiger partial charge in [-0.2, -0.15) is 4.31 Å². The van der Waals surface area contributed by atoms with Crippen LogP contribution in [0, 0.1) is 5.82 Å². The molecule has 2 heterocycles. The number of morpholine rings is 1. The van der Waals surface area contributed by atoms with Crippen LogP contribution in [0.5, 0.6) is 5.75 Å². The maximum atomic E-state index is 13.2. The molecule has 174 valence electrons. The number of carbonyl (C=O) groups is 1. The first kappa shape index (κ1) is 23.3. The van der Waals surface area contributed by atoms with Crippen molar-refractivity contribution < 1.29 is 27.1 Å². The molecule has 2 aromatic carbocycles. The molecule has 3 aromatic rings. The van der Waals surface area contributed by atoms with Gasteiger partial charge in [-0.3, -0.25) is 4.79 Å². The molecule has 0 saturated carbocycles. The molecule has 0 atom stereocenters. The second-order valence-corrected chi connectivity index (χ2v) is 9.87. The second-order valence-electron chi connectivity index (χ2n) is 7.11. The van der Waals surface area contributed by atoms with Gasteiger partial charge in [0.2, 0.25) is 10.0 Å². The fourth-order valence-electron chi connectivity index (χ4n) is 3.29. The maximum absolute atomic E-state index is 13.2. The monoisotopic (exact) mass is 491 g/mol. The number of hydrogen-bond acceptors (Lipinski definition) is 7. The Hall–Kier alpha value is -2.86. The van der Waals surface area contributed by atoms with Crippen LogP contribution in [0.4, 0.5) is 10.1 Å². The Kier molecular flexibility index (Phi) is 7.03. The number of amides is 1. The SMILES string of the molecule is CCOc1ccc(NC(=O)c2csc(-c3ccc(F)cc3)n2)cc1S(=O)(=O)N1CCOCC1. The van der Waals surface area contributed by atoms with Crippen LogP contribution in [0.3, 0.4) is 0 Å². The largest absolute Gasteiger partial charge is 0.492 e. The molecule has 0 bridgehead atoms. The van der Waals surface area contributed by atoms with E-state index in [0.717, 1.165) is 0 Å². The zero-order chi connectivity index (χ0) is 23.4. The first-order chi connectivity index (χ1) is 15.9. The van der Waals surface area contributed by atoms with Gasteiger partial charge in [-0.15, -0.1) is 11.3 Å². The molecule has 11 heteroatoms. The smallest absolute Gasteiger partial charge is 0.275 e. The minimum Gasteiger partial charge on any atom is -0.492 e. The van der Waals surface area contributed by atoms with Crippen molar-refractivity contribution in [3.05, 3.63) is 59.4 Å². The summed E-state index contributed by atoms with van der Waals surface area (Å²) in [5.74, 6) is -0.626. The molecule has 0 spiro atoms. The Morgan fingerprint density at radius 1 is 1.21 bits per heavy atom. The highest BCUT2D eigenvalue weighted by atomic mass is 32.2. The molecule has 0 aliphatic carbocycles. The number of thiazole rings is 1. The van der Waals surface area contributed by atoms with Crippen molar-refractivity contribution in [1.29, 1.82) is 0 Å². The molecular weight excluding hydrogens is 469 g/mol. The van der Waals surface area contributed by atoms with Gasteiger partial charge in [0.15, 0.2) is 0 Å². The van der Waals surface area contributed by atoms with E-state index in [1.54, 1.807) is 30.5 Å². The normalized spacial score (nSPS) is 14.7. The van der Waals surface area contributed by atoms with E-state index in [0.29, 0.717) is 36.1 Å². The van der Waals surface area contributed by atoms with Gasteiger partial charge in [-0.05, 0) is 49.4 Å². The Labute approximate surface area is 195 Å². The van der Waals surface area contributed by atoms with Crippen molar-refractivity contribution in [1.82, 2.24) is 9.29 Å². The van der Waals surface area contributed by atoms with Crippen molar-refractivity contribution >= 4 is 33.0 Å². The number of sulfonamides is 1. The maximum Gasteiger partial charge on any atom is 0.275 e. The van der Waals surface area contributed by atoms with Gasteiger partial charge in [0.1, 0.15) is 27.2 Å². The number of halogens is 1. The molecule has 0 radical (unpaired) electrons. The summed E-state index contributed by atoms with van der Waals surface area (Å²) in [6.45, 7) is 3.19. The summed E-state index contributed by atoms with van der Waals surface area (Å²) in [6.07, 6.45) is 0. The molecule has 1 fully saturated rings. The molecule has 1 aliphatic heterocycles. The van der Waals surface area contributed by atoms with E-state index < -0.39 is 15.9 Å². The number of carbonyl (C=O) groups excluding carboxylic acids is 1. The highest BCUT2D eigenvalue weighted by molar-refractivity contribution is 7.89. The van der Waals surface area contributed by atoms with Crippen LogP contribution in [0.25, 0.3) is 10.6 Å². The quantitative estimate of drug-likeness (QED) is 0.542. The number of nitrogens with one attached hydrogen (secondary N) is 1. The van der Waals surface area contributed by atoms with E-state index in [1.165, 1.54) is 39.9 Å². The zero-order valence-electron chi connectivity index (χ0n) is 17.8. The summed E-state index contributed by atoms with van der Waals surface area (Å²) < 4.78 is 51.7. The molecule has 1 aliphatic rings. The molecule has 0 unspecified atom stereocenters. The van der Waals surface area contributed by atoms with Crippen molar-refractivity contribution in [2.75, 3.05) is 38.2 Å². The fourth-order valence-corrected chi connectivity index (χ4v) is 5.66. The van der Waals surface area contributed by atoms with E-state index >= 15 is 0 Å². The lowest BCUT2D eigenvalue weighted by atomic mass is 10.2. The highest BCUT2D eigenvalue weighted by Crippen LogP contribution is 2.31. The summed E-state index contributed by atoms with van der Waals surface area (Å²) in [7, 11) is -3.84. The third-order valence-corrected chi connectivity index (χ3v) is 7.73. The predicted octanol–water partition coefficient (Wildman–Crippen LogP) is 3.62. The van der Waals surface area contributed by atoms with Crippen LogP contribution in [0.1, 0.15) is 17.4 Å². The first-order valence-corrected chi connectivity index (χ1v) is 12.6. The van der Waals surface area contributed by atoms with Gasteiger partial charge in [0.25, 0.3) is 5.91 Å². The van der Waals surface area contributed by atoms with Crippen LogP contribution >= 0.6 is 11.3 Å². The number of rotatable bonds is 7. The number of anilines is 1. The molecule has 1 amide bonds. The number of benzene rings is 2. The van der Waals surface area contributed by atoms with E-state index in [4.69, 9.17) is 9.47 Å². The summed E-state index contributed by atoms with van der Waals surface area (Å²) in [4.78, 5) is 17.0. The second kappa shape index (κ2) is 9.96. The van der Waals surface area contributed by atoms with Gasteiger partial charge < -0.3 is 14.8 Å². The third-order valence-electron chi connectivity index (χ3n) is 4.92. The summed E-state index contributed by atoms with van der Waals surface area (Å²) in [6, 6.07) is 10.3. The molecule has 8 nitrogen and oxygen atoms in total. The Balaban J connectivity index is 1.57.